The Balaban J connectivity index is 1.16. The second-order valence-corrected chi connectivity index (χ2v) is 9.22. The maximum absolute atomic E-state index is 4.45. The van der Waals surface area contributed by atoms with Gasteiger partial charge in [0.15, 0.2) is 5.96 Å². The number of hydrogen-bond donors (Lipinski definition) is 2. The Morgan fingerprint density at radius 2 is 1.94 bits per heavy atom. The first-order chi connectivity index (χ1) is 15.7. The highest BCUT2D eigenvalue weighted by Gasteiger charge is 2.20. The van der Waals surface area contributed by atoms with Gasteiger partial charge in [-0.15, -0.1) is 10.2 Å². The molecule has 2 aromatic rings. The fourth-order valence-electron chi connectivity index (χ4n) is 4.84. The van der Waals surface area contributed by atoms with Crippen molar-refractivity contribution in [1.29, 1.82) is 0 Å². The smallest absolute Gasteiger partial charge is 0.191 e. The number of aliphatic imine (C=N–C) groups is 1. The number of guanidine groups is 1. The Hall–Kier alpha value is -2.41. The molecule has 0 unspecified atom stereocenters. The van der Waals surface area contributed by atoms with Gasteiger partial charge in [0.25, 0.3) is 0 Å². The quantitative estimate of drug-likeness (QED) is 0.396. The fraction of sp³-hybridized carbons (Fsp3) is 0.640. The number of aromatic nitrogens is 3. The summed E-state index contributed by atoms with van der Waals surface area (Å²) in [6, 6.07) is 9.21. The van der Waals surface area contributed by atoms with Crippen molar-refractivity contribution in [1.82, 2.24) is 30.3 Å². The first-order valence-electron chi connectivity index (χ1n) is 12.4. The molecular weight excluding hydrogens is 398 g/mol. The molecule has 0 radical (unpaired) electrons. The number of hydrogen-bond acceptors (Lipinski definition) is 4. The van der Waals surface area contributed by atoms with Crippen molar-refractivity contribution in [2.75, 3.05) is 26.7 Å². The predicted octanol–water partition coefficient (Wildman–Crippen LogP) is 3.08. The number of piperidine rings is 1. The summed E-state index contributed by atoms with van der Waals surface area (Å²) in [4.78, 5) is 7.01. The Bertz CT molecular complexity index is 880. The Labute approximate surface area is 192 Å². The molecule has 1 fully saturated rings. The van der Waals surface area contributed by atoms with E-state index in [4.69, 9.17) is 0 Å². The van der Waals surface area contributed by atoms with E-state index in [1.54, 1.807) is 0 Å². The molecule has 0 spiro atoms. The van der Waals surface area contributed by atoms with E-state index in [-0.39, 0.29) is 0 Å². The summed E-state index contributed by atoms with van der Waals surface area (Å²) in [6.07, 6.45) is 9.17. The third kappa shape index (κ3) is 6.09. The van der Waals surface area contributed by atoms with Crippen LogP contribution >= 0.6 is 0 Å². The van der Waals surface area contributed by atoms with Gasteiger partial charge in [0.05, 0.1) is 0 Å². The summed E-state index contributed by atoms with van der Waals surface area (Å²) in [5.41, 5.74) is 2.83. The van der Waals surface area contributed by atoms with E-state index in [0.717, 1.165) is 76.6 Å². The van der Waals surface area contributed by atoms with Gasteiger partial charge in [0.2, 0.25) is 0 Å². The lowest BCUT2D eigenvalue weighted by Crippen LogP contribution is -2.48. The molecule has 7 heteroatoms. The fourth-order valence-corrected chi connectivity index (χ4v) is 4.84. The molecule has 0 saturated carbocycles. The van der Waals surface area contributed by atoms with Crippen molar-refractivity contribution in [3.05, 3.63) is 47.0 Å². The third-order valence-corrected chi connectivity index (χ3v) is 6.86. The summed E-state index contributed by atoms with van der Waals surface area (Å²) in [6.45, 7) is 7.49. The first-order valence-corrected chi connectivity index (χ1v) is 12.4. The van der Waals surface area contributed by atoms with Crippen molar-refractivity contribution in [2.24, 2.45) is 4.99 Å². The lowest BCUT2D eigenvalue weighted by atomic mass is 10.0. The van der Waals surface area contributed by atoms with Gasteiger partial charge >= 0.3 is 0 Å². The van der Waals surface area contributed by atoms with Crippen LogP contribution in [-0.2, 0) is 25.9 Å². The maximum Gasteiger partial charge on any atom is 0.191 e. The molecule has 0 amide bonds. The van der Waals surface area contributed by atoms with Crippen LogP contribution in [0.25, 0.3) is 0 Å². The average Bonchev–Trinajstić information content (AvgIpc) is 3.04. The van der Waals surface area contributed by atoms with Crippen molar-refractivity contribution in [2.45, 2.75) is 77.4 Å². The van der Waals surface area contributed by atoms with Crippen LogP contribution in [-0.4, -0.2) is 58.3 Å². The first kappa shape index (κ1) is 22.8. The highest BCUT2D eigenvalue weighted by molar-refractivity contribution is 5.79. The molecule has 7 nitrogen and oxygen atoms in total. The van der Waals surface area contributed by atoms with Gasteiger partial charge in [-0.05, 0) is 50.2 Å². The molecule has 174 valence electrons. The lowest BCUT2D eigenvalue weighted by molar-refractivity contribution is 0.198. The highest BCUT2D eigenvalue weighted by atomic mass is 15.3. The lowest BCUT2D eigenvalue weighted by Gasteiger charge is -2.33. The van der Waals surface area contributed by atoms with Gasteiger partial charge in [-0.25, -0.2) is 0 Å². The minimum atomic E-state index is 0.488. The zero-order valence-electron chi connectivity index (χ0n) is 19.8. The van der Waals surface area contributed by atoms with Crippen LogP contribution in [0.5, 0.6) is 0 Å². The van der Waals surface area contributed by atoms with Crippen LogP contribution in [0.1, 0.15) is 61.3 Å². The second-order valence-electron chi connectivity index (χ2n) is 9.22. The Morgan fingerprint density at radius 3 is 2.75 bits per heavy atom. The standard InChI is InChI=1S/C25H39N7/c1-20-9-5-6-10-21(20)19-31-17-13-22(14-18-31)28-25(26-2)27-15-8-12-24-30-29-23-11-4-3-7-16-32(23)24/h5-6,9-10,22H,3-4,7-8,11-19H2,1-2H3,(H2,26,27,28). The zero-order valence-corrected chi connectivity index (χ0v) is 19.8. The number of nitrogens with zero attached hydrogens (tertiary/aromatic N) is 5. The Morgan fingerprint density at radius 1 is 1.09 bits per heavy atom. The molecule has 0 atom stereocenters. The summed E-state index contributed by atoms with van der Waals surface area (Å²) in [5.74, 6) is 3.24. The third-order valence-electron chi connectivity index (χ3n) is 6.86. The van der Waals surface area contributed by atoms with Crippen LogP contribution in [0, 0.1) is 6.92 Å². The molecule has 0 bridgehead atoms. The van der Waals surface area contributed by atoms with Gasteiger partial charge < -0.3 is 15.2 Å². The van der Waals surface area contributed by atoms with E-state index in [2.05, 4.69) is 66.5 Å². The van der Waals surface area contributed by atoms with Crippen LogP contribution < -0.4 is 10.6 Å². The molecule has 1 aromatic carbocycles. The number of benzene rings is 1. The number of likely N-dealkylation sites (tertiary alicyclic amines) is 1. The number of rotatable bonds is 7. The number of aryl methyl sites for hydroxylation is 3. The molecule has 4 rings (SSSR count). The summed E-state index contributed by atoms with van der Waals surface area (Å²) in [7, 11) is 1.86. The highest BCUT2D eigenvalue weighted by Crippen LogP contribution is 2.17. The van der Waals surface area contributed by atoms with Gasteiger partial charge in [0.1, 0.15) is 11.6 Å². The van der Waals surface area contributed by atoms with E-state index in [1.807, 2.05) is 7.05 Å². The predicted molar refractivity (Wildman–Crippen MR) is 130 cm³/mol. The minimum absolute atomic E-state index is 0.488. The van der Waals surface area contributed by atoms with E-state index < -0.39 is 0 Å². The average molecular weight is 438 g/mol. The second kappa shape index (κ2) is 11.5. The van der Waals surface area contributed by atoms with Gasteiger partial charge in [0, 0.05) is 58.7 Å². The monoisotopic (exact) mass is 437 g/mol. The van der Waals surface area contributed by atoms with Crippen molar-refractivity contribution < 1.29 is 0 Å². The molecule has 3 heterocycles. The van der Waals surface area contributed by atoms with Crippen LogP contribution in [0.4, 0.5) is 0 Å². The minimum Gasteiger partial charge on any atom is -0.356 e. The summed E-state index contributed by atoms with van der Waals surface area (Å²) >= 11 is 0. The normalized spacial score (nSPS) is 18.2. The molecule has 2 N–H and O–H groups in total. The van der Waals surface area contributed by atoms with E-state index >= 15 is 0 Å². The largest absolute Gasteiger partial charge is 0.356 e. The number of fused-ring (bicyclic) bond motifs is 1. The number of nitrogens with one attached hydrogen (secondary N) is 2. The molecular formula is C25H39N7. The van der Waals surface area contributed by atoms with Crippen molar-refractivity contribution in [3.8, 4) is 0 Å². The Kier molecular flexibility index (Phi) is 8.15. The topological polar surface area (TPSA) is 70.4 Å². The molecule has 0 aliphatic carbocycles. The van der Waals surface area contributed by atoms with E-state index in [9.17, 15) is 0 Å². The van der Waals surface area contributed by atoms with Crippen molar-refractivity contribution in [3.63, 3.8) is 0 Å². The molecule has 1 saturated heterocycles. The maximum atomic E-state index is 4.45. The van der Waals surface area contributed by atoms with Crippen LogP contribution in [0.2, 0.25) is 0 Å². The molecule has 1 aromatic heterocycles. The SMILES string of the molecule is CN=C(NCCCc1nnc2n1CCCCC2)NC1CCN(Cc2ccccc2C)CC1. The molecule has 2 aliphatic rings. The molecule has 2 aliphatic heterocycles. The van der Waals surface area contributed by atoms with Gasteiger partial charge in [-0.3, -0.25) is 9.89 Å². The van der Waals surface area contributed by atoms with Crippen molar-refractivity contribution >= 4 is 5.96 Å². The summed E-state index contributed by atoms with van der Waals surface area (Å²) in [5, 5.41) is 16.0. The van der Waals surface area contributed by atoms with Crippen LogP contribution in [0.15, 0.2) is 29.3 Å². The summed E-state index contributed by atoms with van der Waals surface area (Å²) < 4.78 is 2.35. The van der Waals surface area contributed by atoms with Gasteiger partial charge in [-0.2, -0.15) is 0 Å². The van der Waals surface area contributed by atoms with Crippen LogP contribution in [0.3, 0.4) is 0 Å². The van der Waals surface area contributed by atoms with E-state index in [1.165, 1.54) is 36.2 Å². The molecule has 32 heavy (non-hydrogen) atoms. The van der Waals surface area contributed by atoms with Gasteiger partial charge in [-0.1, -0.05) is 30.7 Å². The van der Waals surface area contributed by atoms with E-state index in [0.29, 0.717) is 6.04 Å². The zero-order chi connectivity index (χ0) is 22.2.